The van der Waals surface area contributed by atoms with Crippen molar-refractivity contribution in [3.05, 3.63) is 58.6 Å². The molecule has 0 heterocycles. The Labute approximate surface area is 149 Å². The summed E-state index contributed by atoms with van der Waals surface area (Å²) in [4.78, 5) is 34.0. The Bertz CT molecular complexity index is 774. The van der Waals surface area contributed by atoms with E-state index in [0.717, 1.165) is 5.56 Å². The van der Waals surface area contributed by atoms with Crippen LogP contribution >= 0.6 is 11.6 Å². The first-order chi connectivity index (χ1) is 12.0. The maximum absolute atomic E-state index is 11.8. The third-order valence-electron chi connectivity index (χ3n) is 3.20. The number of amides is 1. The number of ether oxygens (including phenoxy) is 2. The summed E-state index contributed by atoms with van der Waals surface area (Å²) in [6.07, 6.45) is 0.707. The molecule has 0 radical (unpaired) electrons. The molecule has 0 saturated carbocycles. The number of halogens is 1. The SMILES string of the molecule is Cc1cc(Cl)ccc1NC(=O)COC(=O)COc1ccc(C=O)cc1. The third-order valence-corrected chi connectivity index (χ3v) is 3.43. The average Bonchev–Trinajstić information content (AvgIpc) is 2.61. The fourth-order valence-electron chi connectivity index (χ4n) is 1.93. The van der Waals surface area contributed by atoms with Gasteiger partial charge in [0, 0.05) is 16.3 Å². The van der Waals surface area contributed by atoms with Crippen LogP contribution in [0, 0.1) is 6.92 Å². The molecule has 0 aliphatic carbocycles. The Balaban J connectivity index is 1.75. The second kappa shape index (κ2) is 8.84. The highest BCUT2D eigenvalue weighted by Crippen LogP contribution is 2.19. The summed E-state index contributed by atoms with van der Waals surface area (Å²) < 4.78 is 10.1. The first-order valence-electron chi connectivity index (χ1n) is 7.37. The number of carbonyl (C=O) groups excluding carboxylic acids is 3. The van der Waals surface area contributed by atoms with Crippen LogP contribution in [0.1, 0.15) is 15.9 Å². The van der Waals surface area contributed by atoms with Gasteiger partial charge in [0.2, 0.25) is 0 Å². The van der Waals surface area contributed by atoms with Crippen molar-refractivity contribution in [1.29, 1.82) is 0 Å². The average molecular weight is 362 g/mol. The van der Waals surface area contributed by atoms with Crippen molar-refractivity contribution in [1.82, 2.24) is 0 Å². The molecule has 0 aliphatic rings. The van der Waals surface area contributed by atoms with Gasteiger partial charge >= 0.3 is 5.97 Å². The van der Waals surface area contributed by atoms with Crippen molar-refractivity contribution in [2.75, 3.05) is 18.5 Å². The van der Waals surface area contributed by atoms with E-state index < -0.39 is 18.5 Å². The lowest BCUT2D eigenvalue weighted by atomic mass is 10.2. The summed E-state index contributed by atoms with van der Waals surface area (Å²) in [5, 5.41) is 3.20. The van der Waals surface area contributed by atoms with Gasteiger partial charge in [-0.1, -0.05) is 11.6 Å². The van der Waals surface area contributed by atoms with Gasteiger partial charge in [-0.25, -0.2) is 4.79 Å². The van der Waals surface area contributed by atoms with Crippen LogP contribution in [-0.4, -0.2) is 31.4 Å². The number of aldehydes is 1. The summed E-state index contributed by atoms with van der Waals surface area (Å²) >= 11 is 5.85. The predicted molar refractivity (Wildman–Crippen MR) is 93.1 cm³/mol. The molecule has 0 unspecified atom stereocenters. The van der Waals surface area contributed by atoms with Crippen molar-refractivity contribution in [2.45, 2.75) is 6.92 Å². The molecule has 0 fully saturated rings. The zero-order chi connectivity index (χ0) is 18.2. The fraction of sp³-hybridized carbons (Fsp3) is 0.167. The number of nitrogens with one attached hydrogen (secondary N) is 1. The monoisotopic (exact) mass is 361 g/mol. The Hall–Kier alpha value is -2.86. The molecule has 130 valence electrons. The molecular weight excluding hydrogens is 346 g/mol. The highest BCUT2D eigenvalue weighted by atomic mass is 35.5. The third kappa shape index (κ3) is 5.93. The maximum atomic E-state index is 11.8. The molecule has 1 N–H and O–H groups in total. The number of carbonyl (C=O) groups is 3. The summed E-state index contributed by atoms with van der Waals surface area (Å²) in [7, 11) is 0. The van der Waals surface area contributed by atoms with Gasteiger partial charge in [0.15, 0.2) is 13.2 Å². The van der Waals surface area contributed by atoms with E-state index in [9.17, 15) is 14.4 Å². The Morgan fingerprint density at radius 3 is 2.48 bits per heavy atom. The number of benzene rings is 2. The summed E-state index contributed by atoms with van der Waals surface area (Å²) in [5.41, 5.74) is 1.90. The smallest absolute Gasteiger partial charge is 0.344 e. The van der Waals surface area contributed by atoms with Crippen LogP contribution in [0.15, 0.2) is 42.5 Å². The van der Waals surface area contributed by atoms with E-state index in [1.807, 2.05) is 0 Å². The van der Waals surface area contributed by atoms with E-state index in [4.69, 9.17) is 21.1 Å². The number of aryl methyl sites for hydroxylation is 1. The Morgan fingerprint density at radius 2 is 1.84 bits per heavy atom. The van der Waals surface area contributed by atoms with Gasteiger partial charge in [-0.2, -0.15) is 0 Å². The van der Waals surface area contributed by atoms with Crippen molar-refractivity contribution >= 4 is 35.5 Å². The molecule has 2 aromatic carbocycles. The van der Waals surface area contributed by atoms with Gasteiger partial charge in [0.1, 0.15) is 12.0 Å². The normalized spacial score (nSPS) is 10.0. The number of anilines is 1. The Kier molecular flexibility index (Phi) is 6.54. The number of hydrogen-bond donors (Lipinski definition) is 1. The van der Waals surface area contributed by atoms with Crippen molar-refractivity contribution in [3.8, 4) is 5.75 Å². The van der Waals surface area contributed by atoms with Crippen LogP contribution in [-0.2, 0) is 14.3 Å². The van der Waals surface area contributed by atoms with Gasteiger partial charge < -0.3 is 14.8 Å². The highest BCUT2D eigenvalue weighted by molar-refractivity contribution is 6.30. The molecule has 0 aliphatic heterocycles. The minimum Gasteiger partial charge on any atom is -0.482 e. The Morgan fingerprint density at radius 1 is 1.12 bits per heavy atom. The van der Waals surface area contributed by atoms with Crippen LogP contribution in [0.4, 0.5) is 5.69 Å². The quantitative estimate of drug-likeness (QED) is 0.605. The second-order valence-corrected chi connectivity index (χ2v) is 5.58. The maximum Gasteiger partial charge on any atom is 0.344 e. The van der Waals surface area contributed by atoms with Crippen LogP contribution in [0.2, 0.25) is 5.02 Å². The van der Waals surface area contributed by atoms with Gasteiger partial charge in [0.25, 0.3) is 5.91 Å². The highest BCUT2D eigenvalue weighted by Gasteiger charge is 2.10. The van der Waals surface area contributed by atoms with Gasteiger partial charge in [-0.05, 0) is 55.0 Å². The van der Waals surface area contributed by atoms with Gasteiger partial charge in [-0.3, -0.25) is 9.59 Å². The van der Waals surface area contributed by atoms with Crippen molar-refractivity contribution in [2.24, 2.45) is 0 Å². The van der Waals surface area contributed by atoms with Crippen LogP contribution < -0.4 is 10.1 Å². The first-order valence-corrected chi connectivity index (χ1v) is 7.75. The molecule has 0 atom stereocenters. The standard InChI is InChI=1S/C18H16ClNO5/c1-12-8-14(19)4-7-16(12)20-17(22)10-25-18(23)11-24-15-5-2-13(9-21)3-6-15/h2-9H,10-11H2,1H3,(H,20,22). The molecule has 0 bridgehead atoms. The topological polar surface area (TPSA) is 81.7 Å². The zero-order valence-electron chi connectivity index (χ0n) is 13.5. The fourth-order valence-corrected chi connectivity index (χ4v) is 2.15. The molecule has 7 heteroatoms. The first kappa shape index (κ1) is 18.5. The molecular formula is C18H16ClNO5. The van der Waals surface area contributed by atoms with Crippen LogP contribution in [0.3, 0.4) is 0 Å². The van der Waals surface area contributed by atoms with Crippen LogP contribution in [0.5, 0.6) is 5.75 Å². The van der Waals surface area contributed by atoms with Crippen molar-refractivity contribution in [3.63, 3.8) is 0 Å². The minimum atomic E-state index is -0.678. The number of esters is 1. The molecule has 0 saturated heterocycles. The predicted octanol–water partition coefficient (Wildman–Crippen LogP) is 3.02. The number of hydrogen-bond acceptors (Lipinski definition) is 5. The molecule has 0 spiro atoms. The molecule has 2 rings (SSSR count). The van der Waals surface area contributed by atoms with E-state index in [2.05, 4.69) is 5.32 Å². The van der Waals surface area contributed by atoms with Gasteiger partial charge in [-0.15, -0.1) is 0 Å². The zero-order valence-corrected chi connectivity index (χ0v) is 14.2. The van der Waals surface area contributed by atoms with Crippen molar-refractivity contribution < 1.29 is 23.9 Å². The lowest BCUT2D eigenvalue weighted by Crippen LogP contribution is -2.24. The molecule has 25 heavy (non-hydrogen) atoms. The van der Waals surface area contributed by atoms with E-state index in [1.54, 1.807) is 49.4 Å². The molecule has 2 aromatic rings. The van der Waals surface area contributed by atoms with E-state index in [1.165, 1.54) is 0 Å². The minimum absolute atomic E-state index is 0.340. The van der Waals surface area contributed by atoms with Crippen LogP contribution in [0.25, 0.3) is 0 Å². The summed E-state index contributed by atoms with van der Waals surface area (Å²) in [6, 6.07) is 11.3. The lowest BCUT2D eigenvalue weighted by molar-refractivity contribution is -0.149. The molecule has 6 nitrogen and oxygen atoms in total. The summed E-state index contributed by atoms with van der Waals surface area (Å²) in [6.45, 7) is 1.04. The second-order valence-electron chi connectivity index (χ2n) is 5.14. The molecule has 1 amide bonds. The van der Waals surface area contributed by atoms with E-state index in [0.29, 0.717) is 28.3 Å². The number of rotatable bonds is 7. The largest absolute Gasteiger partial charge is 0.482 e. The van der Waals surface area contributed by atoms with E-state index in [-0.39, 0.29) is 6.61 Å². The van der Waals surface area contributed by atoms with Gasteiger partial charge in [0.05, 0.1) is 0 Å². The lowest BCUT2D eigenvalue weighted by Gasteiger charge is -2.10. The van der Waals surface area contributed by atoms with E-state index >= 15 is 0 Å². The molecule has 0 aromatic heterocycles. The summed E-state index contributed by atoms with van der Waals surface area (Å²) in [5.74, 6) is -0.722.